The minimum Gasteiger partial charge on any atom is -0.496 e. The summed E-state index contributed by atoms with van der Waals surface area (Å²) in [5.41, 5.74) is 2.21. The number of methoxy groups -OCH3 is 4. The Morgan fingerprint density at radius 3 is 1.47 bits per heavy atom. The Morgan fingerprint density at radius 2 is 1.06 bits per heavy atom. The smallest absolute Gasteiger partial charge is 0.324 e. The number of rotatable bonds is 16. The second-order valence-electron chi connectivity index (χ2n) is 8.01. The van der Waals surface area contributed by atoms with Gasteiger partial charge >= 0.3 is 8.46 Å². The Bertz CT molecular complexity index is 722. The van der Waals surface area contributed by atoms with Gasteiger partial charge in [0.05, 0.1) is 28.4 Å². The highest BCUT2D eigenvalue weighted by Crippen LogP contribution is 2.36. The maximum absolute atomic E-state index is 10.7. The van der Waals surface area contributed by atoms with E-state index in [9.17, 15) is 4.57 Å². The van der Waals surface area contributed by atoms with Gasteiger partial charge in [0.25, 0.3) is 0 Å². The van der Waals surface area contributed by atoms with Gasteiger partial charge in [-0.1, -0.05) is 36.0 Å². The summed E-state index contributed by atoms with van der Waals surface area (Å²) in [7, 11) is 6.66. The molecule has 0 N–H and O–H groups in total. The molecule has 32 heavy (non-hydrogen) atoms. The van der Waals surface area contributed by atoms with E-state index in [-0.39, 0.29) is 8.46 Å². The van der Waals surface area contributed by atoms with Crippen LogP contribution in [0.4, 0.5) is 0 Å². The SMILES string of the molecule is COc1cccc(OC)c1CC(CCCCCCC[PH+]=O)Cc1c(OC)cccc1OC. The Labute approximate surface area is 194 Å². The fraction of sp³-hybridized carbons (Fsp3) is 0.538. The maximum Gasteiger partial charge on any atom is 0.324 e. The minimum atomic E-state index is -0.169. The normalized spacial score (nSPS) is 11.0. The molecule has 0 saturated carbocycles. The van der Waals surface area contributed by atoms with Crippen LogP contribution in [0.1, 0.15) is 49.7 Å². The van der Waals surface area contributed by atoms with E-state index in [1.807, 2.05) is 36.4 Å². The summed E-state index contributed by atoms with van der Waals surface area (Å²) in [6.45, 7) is 0. The van der Waals surface area contributed by atoms with Crippen LogP contribution in [-0.4, -0.2) is 34.6 Å². The Hall–Kier alpha value is -2.26. The first-order valence-electron chi connectivity index (χ1n) is 11.4. The molecule has 1 atom stereocenters. The van der Waals surface area contributed by atoms with E-state index in [1.165, 1.54) is 12.8 Å². The third-order valence-electron chi connectivity index (χ3n) is 5.94. The standard InChI is InChI=1S/C26H37O5P/c1-28-23-13-10-14-24(29-2)21(23)18-20(12-8-6-5-7-9-17-32-27)19-22-25(30-3)15-11-16-26(22)31-4/h10-11,13-16,20H,5-9,12,17-19H2,1-4H3/p+1. The van der Waals surface area contributed by atoms with E-state index >= 15 is 0 Å². The largest absolute Gasteiger partial charge is 0.496 e. The molecule has 0 amide bonds. The van der Waals surface area contributed by atoms with Crippen LogP contribution in [-0.2, 0) is 17.4 Å². The van der Waals surface area contributed by atoms with Gasteiger partial charge < -0.3 is 18.9 Å². The van der Waals surface area contributed by atoms with E-state index in [1.54, 1.807) is 28.4 Å². The number of hydrogen-bond donors (Lipinski definition) is 0. The lowest BCUT2D eigenvalue weighted by Gasteiger charge is -2.22. The zero-order chi connectivity index (χ0) is 23.2. The number of hydrogen-bond acceptors (Lipinski definition) is 5. The summed E-state index contributed by atoms with van der Waals surface area (Å²) in [6.07, 6.45) is 9.35. The van der Waals surface area contributed by atoms with Crippen molar-refractivity contribution in [2.75, 3.05) is 34.6 Å². The minimum absolute atomic E-state index is 0.169. The maximum atomic E-state index is 10.7. The average molecular weight is 462 g/mol. The third-order valence-corrected chi connectivity index (χ3v) is 6.49. The van der Waals surface area contributed by atoms with Crippen LogP contribution in [0.15, 0.2) is 36.4 Å². The fourth-order valence-electron chi connectivity index (χ4n) is 4.27. The van der Waals surface area contributed by atoms with Gasteiger partial charge in [0.1, 0.15) is 29.2 Å². The van der Waals surface area contributed by atoms with Crippen molar-refractivity contribution in [1.29, 1.82) is 0 Å². The van der Waals surface area contributed by atoms with Crippen LogP contribution in [0.5, 0.6) is 23.0 Å². The van der Waals surface area contributed by atoms with Gasteiger partial charge in [0.15, 0.2) is 0 Å². The molecule has 0 aromatic heterocycles. The first kappa shape index (κ1) is 26.0. The summed E-state index contributed by atoms with van der Waals surface area (Å²) < 4.78 is 33.3. The zero-order valence-corrected chi connectivity index (χ0v) is 20.9. The van der Waals surface area contributed by atoms with Gasteiger partial charge in [-0.05, 0) is 62.3 Å². The van der Waals surface area contributed by atoms with Crippen LogP contribution in [0, 0.1) is 5.92 Å². The first-order valence-corrected chi connectivity index (χ1v) is 12.5. The van der Waals surface area contributed by atoms with Gasteiger partial charge in [-0.2, -0.15) is 0 Å². The van der Waals surface area contributed by atoms with Gasteiger partial charge in [-0.3, -0.25) is 0 Å². The molecular weight excluding hydrogens is 423 g/mol. The lowest BCUT2D eigenvalue weighted by Crippen LogP contribution is -2.12. The second kappa shape index (κ2) is 14.7. The van der Waals surface area contributed by atoms with Crippen molar-refractivity contribution in [1.82, 2.24) is 0 Å². The molecule has 176 valence electrons. The topological polar surface area (TPSA) is 54.0 Å². The lowest BCUT2D eigenvalue weighted by atomic mass is 9.87. The molecule has 0 aliphatic rings. The van der Waals surface area contributed by atoms with E-state index < -0.39 is 0 Å². The summed E-state index contributed by atoms with van der Waals surface area (Å²) >= 11 is 0. The van der Waals surface area contributed by atoms with Crippen molar-refractivity contribution in [2.24, 2.45) is 5.92 Å². The van der Waals surface area contributed by atoms with Crippen molar-refractivity contribution in [3.8, 4) is 23.0 Å². The van der Waals surface area contributed by atoms with Crippen LogP contribution in [0.2, 0.25) is 0 Å². The fourth-order valence-corrected chi connectivity index (χ4v) is 4.67. The number of ether oxygens (including phenoxy) is 4. The number of unbranched alkanes of at least 4 members (excludes halogenated alkanes) is 4. The van der Waals surface area contributed by atoms with Gasteiger partial charge in [-0.15, -0.1) is 0 Å². The quantitative estimate of drug-likeness (QED) is 0.211. The molecule has 0 spiro atoms. The van der Waals surface area contributed by atoms with E-state index in [0.717, 1.165) is 78.8 Å². The van der Waals surface area contributed by atoms with Gasteiger partial charge in [-0.25, -0.2) is 0 Å². The first-order chi connectivity index (χ1) is 15.7. The van der Waals surface area contributed by atoms with Crippen LogP contribution in [0.3, 0.4) is 0 Å². The molecule has 5 nitrogen and oxygen atoms in total. The highest BCUT2D eigenvalue weighted by atomic mass is 31.1. The van der Waals surface area contributed by atoms with Gasteiger partial charge in [0.2, 0.25) is 0 Å². The van der Waals surface area contributed by atoms with Crippen molar-refractivity contribution < 1.29 is 23.5 Å². The Kier molecular flexibility index (Phi) is 12.0. The van der Waals surface area contributed by atoms with Crippen molar-refractivity contribution in [3.05, 3.63) is 47.5 Å². The van der Waals surface area contributed by atoms with Crippen molar-refractivity contribution in [2.45, 2.75) is 51.4 Å². The molecule has 0 fully saturated rings. The highest BCUT2D eigenvalue weighted by molar-refractivity contribution is 7.23. The predicted octanol–water partition coefficient (Wildman–Crippen LogP) is 6.49. The average Bonchev–Trinajstić information content (AvgIpc) is 2.83. The molecule has 0 radical (unpaired) electrons. The Morgan fingerprint density at radius 1 is 0.656 bits per heavy atom. The van der Waals surface area contributed by atoms with Gasteiger partial charge in [0, 0.05) is 11.1 Å². The van der Waals surface area contributed by atoms with E-state index in [0.29, 0.717) is 5.92 Å². The number of benzene rings is 2. The van der Waals surface area contributed by atoms with E-state index in [4.69, 9.17) is 18.9 Å². The van der Waals surface area contributed by atoms with Crippen molar-refractivity contribution >= 4 is 8.46 Å². The monoisotopic (exact) mass is 461 g/mol. The molecule has 0 aliphatic heterocycles. The predicted molar refractivity (Wildman–Crippen MR) is 132 cm³/mol. The lowest BCUT2D eigenvalue weighted by molar-refractivity contribution is 0.358. The summed E-state index contributed by atoms with van der Waals surface area (Å²) in [5.74, 6) is 3.83. The molecule has 2 rings (SSSR count). The molecule has 0 saturated heterocycles. The van der Waals surface area contributed by atoms with Crippen molar-refractivity contribution in [3.63, 3.8) is 0 Å². The Balaban J connectivity index is 2.20. The molecule has 2 aromatic rings. The molecule has 0 heterocycles. The highest BCUT2D eigenvalue weighted by Gasteiger charge is 2.21. The molecule has 1 unspecified atom stereocenters. The summed E-state index contributed by atoms with van der Waals surface area (Å²) in [5, 5.41) is 0. The van der Waals surface area contributed by atoms with Crippen LogP contribution >= 0.6 is 8.46 Å². The third kappa shape index (κ3) is 7.70. The summed E-state index contributed by atoms with van der Waals surface area (Å²) in [4.78, 5) is 0. The second-order valence-corrected chi connectivity index (χ2v) is 8.80. The zero-order valence-electron chi connectivity index (χ0n) is 19.9. The molecule has 0 aliphatic carbocycles. The molecule has 2 aromatic carbocycles. The molecule has 0 bridgehead atoms. The summed E-state index contributed by atoms with van der Waals surface area (Å²) in [6, 6.07) is 11.9. The molecular formula is C26H38O5P+. The van der Waals surface area contributed by atoms with Crippen LogP contribution < -0.4 is 18.9 Å². The van der Waals surface area contributed by atoms with E-state index in [2.05, 4.69) is 0 Å². The van der Waals surface area contributed by atoms with Crippen LogP contribution in [0.25, 0.3) is 0 Å². The molecule has 6 heteroatoms.